The molecule has 0 spiro atoms. The van der Waals surface area contributed by atoms with Gasteiger partial charge in [0.25, 0.3) is 0 Å². The summed E-state index contributed by atoms with van der Waals surface area (Å²) < 4.78 is 0. The summed E-state index contributed by atoms with van der Waals surface area (Å²) in [6.07, 6.45) is 0. The molecule has 120 valence electrons. The van der Waals surface area contributed by atoms with Crippen LogP contribution in [0.4, 0.5) is 0 Å². The molecule has 0 saturated heterocycles. The summed E-state index contributed by atoms with van der Waals surface area (Å²) in [5, 5.41) is 9.86. The summed E-state index contributed by atoms with van der Waals surface area (Å²) in [5.74, 6) is 0. The van der Waals surface area contributed by atoms with Crippen LogP contribution < -0.4 is 5.32 Å². The summed E-state index contributed by atoms with van der Waals surface area (Å²) in [5.41, 5.74) is 11.1. The minimum absolute atomic E-state index is 0.0175. The fourth-order valence-electron chi connectivity index (χ4n) is 3.08. The number of rotatable bonds is 6. The van der Waals surface area contributed by atoms with E-state index in [1.807, 2.05) is 18.2 Å². The molecular formula is C20H20N4. The van der Waals surface area contributed by atoms with Crippen LogP contribution in [0.3, 0.4) is 0 Å². The molecule has 0 aliphatic rings. The lowest BCUT2D eigenvalue weighted by molar-refractivity contribution is 0.475. The molecule has 0 radical (unpaired) electrons. The first-order valence-corrected chi connectivity index (χ1v) is 8.09. The molecule has 24 heavy (non-hydrogen) atoms. The fraction of sp³-hybridized carbons (Fsp3) is 0.200. The van der Waals surface area contributed by atoms with Gasteiger partial charge in [-0.2, -0.15) is 0 Å². The molecule has 0 amide bonds. The zero-order valence-corrected chi connectivity index (χ0v) is 13.6. The smallest absolute Gasteiger partial charge is 0.0454 e. The van der Waals surface area contributed by atoms with Crippen LogP contribution in [0.25, 0.3) is 21.2 Å². The van der Waals surface area contributed by atoms with E-state index in [1.54, 1.807) is 0 Å². The second-order valence-corrected chi connectivity index (χ2v) is 5.83. The highest BCUT2D eigenvalue weighted by atomic mass is 15.1. The Morgan fingerprint density at radius 3 is 2.46 bits per heavy atom. The largest absolute Gasteiger partial charge is 0.303 e. The molecule has 3 aromatic carbocycles. The molecule has 0 fully saturated rings. The lowest BCUT2D eigenvalue weighted by Crippen LogP contribution is -2.26. The van der Waals surface area contributed by atoms with Crippen LogP contribution in [0.15, 0.2) is 77.9 Å². The average molecular weight is 316 g/mol. The molecule has 4 nitrogen and oxygen atoms in total. The normalized spacial score (nSPS) is 13.2. The maximum absolute atomic E-state index is 8.69. The molecule has 0 unspecified atom stereocenters. The van der Waals surface area contributed by atoms with E-state index < -0.39 is 0 Å². The monoisotopic (exact) mass is 316 g/mol. The Hall–Kier alpha value is -2.81. The van der Waals surface area contributed by atoms with Gasteiger partial charge in [0.2, 0.25) is 0 Å². The van der Waals surface area contributed by atoms with E-state index in [0.29, 0.717) is 6.54 Å². The number of fused-ring (bicyclic) bond motifs is 1. The standard InChI is InChI=1S/C20H20N4/c1-15(18-13-7-11-16-8-5-6-12-19(16)18)23-20(14-22-24-21)17-9-3-2-4-10-17/h2-13,15,20,23H,14H2,1H3/t15-,20+/m0/s1. The van der Waals surface area contributed by atoms with Gasteiger partial charge in [-0.1, -0.05) is 77.9 Å². The molecule has 3 rings (SSSR count). The number of hydrogen-bond acceptors (Lipinski definition) is 2. The van der Waals surface area contributed by atoms with Crippen molar-refractivity contribution in [2.75, 3.05) is 6.54 Å². The van der Waals surface area contributed by atoms with Crippen LogP contribution >= 0.6 is 0 Å². The number of hydrogen-bond donors (Lipinski definition) is 1. The molecule has 0 aliphatic carbocycles. The number of nitrogens with one attached hydrogen (secondary N) is 1. The second kappa shape index (κ2) is 7.64. The van der Waals surface area contributed by atoms with Crippen molar-refractivity contribution < 1.29 is 0 Å². The number of benzene rings is 3. The molecule has 4 heteroatoms. The van der Waals surface area contributed by atoms with Gasteiger partial charge in [-0.3, -0.25) is 0 Å². The van der Waals surface area contributed by atoms with Gasteiger partial charge in [-0.25, -0.2) is 0 Å². The maximum atomic E-state index is 8.69. The Morgan fingerprint density at radius 2 is 1.67 bits per heavy atom. The van der Waals surface area contributed by atoms with E-state index in [1.165, 1.54) is 16.3 Å². The minimum atomic E-state index is -0.0175. The Labute approximate surface area is 141 Å². The lowest BCUT2D eigenvalue weighted by Gasteiger charge is -2.24. The van der Waals surface area contributed by atoms with E-state index in [2.05, 4.69) is 76.9 Å². The van der Waals surface area contributed by atoms with E-state index in [4.69, 9.17) is 5.53 Å². The van der Waals surface area contributed by atoms with Crippen molar-refractivity contribution in [1.29, 1.82) is 0 Å². The third-order valence-corrected chi connectivity index (χ3v) is 4.27. The van der Waals surface area contributed by atoms with Crippen molar-refractivity contribution >= 4 is 10.8 Å². The first-order valence-electron chi connectivity index (χ1n) is 8.09. The SMILES string of the molecule is C[C@H](N[C@H](CN=[N+]=[N-])c1ccccc1)c1cccc2ccccc12. The molecular weight excluding hydrogens is 296 g/mol. The van der Waals surface area contributed by atoms with Crippen molar-refractivity contribution in [3.05, 3.63) is 94.4 Å². The summed E-state index contributed by atoms with van der Waals surface area (Å²) in [4.78, 5) is 2.92. The topological polar surface area (TPSA) is 60.8 Å². The molecule has 0 aromatic heterocycles. The van der Waals surface area contributed by atoms with E-state index in [-0.39, 0.29) is 12.1 Å². The predicted octanol–water partition coefficient (Wildman–Crippen LogP) is 5.54. The van der Waals surface area contributed by atoms with Crippen LogP contribution in [0, 0.1) is 0 Å². The first-order chi connectivity index (χ1) is 11.8. The Balaban J connectivity index is 1.90. The summed E-state index contributed by atoms with van der Waals surface area (Å²) in [6, 6.07) is 25.0. The molecule has 0 aliphatic heterocycles. The van der Waals surface area contributed by atoms with Gasteiger partial charge in [0.1, 0.15) is 0 Å². The molecule has 0 bridgehead atoms. The van der Waals surface area contributed by atoms with E-state index in [0.717, 1.165) is 5.56 Å². The highest BCUT2D eigenvalue weighted by molar-refractivity contribution is 5.86. The van der Waals surface area contributed by atoms with Gasteiger partial charge in [0, 0.05) is 23.5 Å². The zero-order chi connectivity index (χ0) is 16.8. The van der Waals surface area contributed by atoms with E-state index in [9.17, 15) is 0 Å². The average Bonchev–Trinajstić information content (AvgIpc) is 2.65. The van der Waals surface area contributed by atoms with Crippen molar-refractivity contribution in [1.82, 2.24) is 5.32 Å². The van der Waals surface area contributed by atoms with Gasteiger partial charge >= 0.3 is 0 Å². The van der Waals surface area contributed by atoms with Gasteiger partial charge < -0.3 is 5.32 Å². The third kappa shape index (κ3) is 3.57. The minimum Gasteiger partial charge on any atom is -0.303 e. The van der Waals surface area contributed by atoms with Crippen molar-refractivity contribution in [2.24, 2.45) is 5.11 Å². The predicted molar refractivity (Wildman–Crippen MR) is 98.7 cm³/mol. The molecule has 3 aromatic rings. The zero-order valence-electron chi connectivity index (χ0n) is 13.6. The number of azide groups is 1. The summed E-state index contributed by atoms with van der Waals surface area (Å²) in [7, 11) is 0. The number of nitrogens with zero attached hydrogens (tertiary/aromatic N) is 3. The Kier molecular flexibility index (Phi) is 5.12. The molecule has 2 atom stereocenters. The Bertz CT molecular complexity index is 848. The lowest BCUT2D eigenvalue weighted by atomic mass is 9.98. The van der Waals surface area contributed by atoms with Crippen molar-refractivity contribution in [3.63, 3.8) is 0 Å². The highest BCUT2D eigenvalue weighted by Crippen LogP contribution is 2.26. The second-order valence-electron chi connectivity index (χ2n) is 5.83. The van der Waals surface area contributed by atoms with Gasteiger partial charge in [-0.05, 0) is 34.4 Å². The quantitative estimate of drug-likeness (QED) is 0.362. The fourth-order valence-corrected chi connectivity index (χ4v) is 3.08. The van der Waals surface area contributed by atoms with E-state index >= 15 is 0 Å². The van der Waals surface area contributed by atoms with Crippen LogP contribution in [-0.2, 0) is 0 Å². The first kappa shape index (κ1) is 16.1. The molecule has 0 heterocycles. The van der Waals surface area contributed by atoms with Crippen molar-refractivity contribution in [2.45, 2.75) is 19.0 Å². The van der Waals surface area contributed by atoms with Crippen LogP contribution in [0.5, 0.6) is 0 Å². The van der Waals surface area contributed by atoms with Gasteiger partial charge in [0.15, 0.2) is 0 Å². The summed E-state index contributed by atoms with van der Waals surface area (Å²) >= 11 is 0. The molecule has 1 N–H and O–H groups in total. The van der Waals surface area contributed by atoms with Crippen molar-refractivity contribution in [3.8, 4) is 0 Å². The third-order valence-electron chi connectivity index (χ3n) is 4.27. The summed E-state index contributed by atoms with van der Waals surface area (Å²) in [6.45, 7) is 2.53. The van der Waals surface area contributed by atoms with Crippen LogP contribution in [-0.4, -0.2) is 6.54 Å². The molecule has 0 saturated carbocycles. The highest BCUT2D eigenvalue weighted by Gasteiger charge is 2.16. The maximum Gasteiger partial charge on any atom is 0.0454 e. The van der Waals surface area contributed by atoms with Gasteiger partial charge in [-0.15, -0.1) is 0 Å². The van der Waals surface area contributed by atoms with Gasteiger partial charge in [0.05, 0.1) is 0 Å². The Morgan fingerprint density at radius 1 is 0.958 bits per heavy atom. The van der Waals surface area contributed by atoms with Crippen LogP contribution in [0.2, 0.25) is 0 Å². The van der Waals surface area contributed by atoms with Crippen LogP contribution in [0.1, 0.15) is 30.1 Å².